The van der Waals surface area contributed by atoms with Crippen molar-refractivity contribution in [1.29, 1.82) is 0 Å². The molecule has 8 nitrogen and oxygen atoms in total. The van der Waals surface area contributed by atoms with Gasteiger partial charge in [0, 0.05) is 36.3 Å². The van der Waals surface area contributed by atoms with E-state index in [1.54, 1.807) is 7.11 Å². The Hall–Kier alpha value is -3.94. The third kappa shape index (κ3) is 4.01. The van der Waals surface area contributed by atoms with Gasteiger partial charge in [-0.2, -0.15) is 0 Å². The predicted octanol–water partition coefficient (Wildman–Crippen LogP) is 2.27. The second kappa shape index (κ2) is 7.97. The number of methoxy groups -OCH3 is 1. The van der Waals surface area contributed by atoms with Crippen molar-refractivity contribution in [2.24, 2.45) is 0 Å². The monoisotopic (exact) mass is 389 g/mol. The average molecular weight is 389 g/mol. The number of nitrogens with zero attached hydrogens (tertiary/aromatic N) is 3. The van der Waals surface area contributed by atoms with Gasteiger partial charge in [0.1, 0.15) is 11.6 Å². The van der Waals surface area contributed by atoms with Crippen molar-refractivity contribution in [3.05, 3.63) is 81.6 Å². The smallest absolute Gasteiger partial charge is 0.328 e. The molecule has 146 valence electrons. The minimum absolute atomic E-state index is 0.377. The van der Waals surface area contributed by atoms with E-state index in [4.69, 9.17) is 9.72 Å². The number of rotatable bonds is 6. The lowest BCUT2D eigenvalue weighted by atomic mass is 10.1. The van der Waals surface area contributed by atoms with Gasteiger partial charge in [0.25, 0.3) is 5.56 Å². The summed E-state index contributed by atoms with van der Waals surface area (Å²) in [5, 5.41) is 4.17. The molecule has 0 saturated heterocycles. The van der Waals surface area contributed by atoms with E-state index in [1.807, 2.05) is 48.5 Å². The molecule has 4 aromatic rings. The van der Waals surface area contributed by atoms with Crippen molar-refractivity contribution in [3.63, 3.8) is 0 Å². The van der Waals surface area contributed by atoms with E-state index in [2.05, 4.69) is 15.3 Å². The molecule has 2 N–H and O–H groups in total. The molecule has 0 aliphatic heterocycles. The first-order valence-electron chi connectivity index (χ1n) is 9.09. The van der Waals surface area contributed by atoms with Gasteiger partial charge in [-0.25, -0.2) is 14.8 Å². The highest BCUT2D eigenvalue weighted by atomic mass is 16.5. The number of hydrogen-bond donors (Lipinski definition) is 2. The van der Waals surface area contributed by atoms with Crippen LogP contribution in [0.3, 0.4) is 0 Å². The molecule has 2 heterocycles. The van der Waals surface area contributed by atoms with Gasteiger partial charge in [0.05, 0.1) is 12.6 Å². The lowest BCUT2D eigenvalue weighted by Crippen LogP contribution is -2.30. The molecular weight excluding hydrogens is 370 g/mol. The number of aromatic amines is 1. The Labute approximate surface area is 165 Å². The van der Waals surface area contributed by atoms with Crippen LogP contribution in [0.5, 0.6) is 5.75 Å². The van der Waals surface area contributed by atoms with Crippen LogP contribution in [0.15, 0.2) is 70.4 Å². The Morgan fingerprint density at radius 1 is 1.07 bits per heavy atom. The van der Waals surface area contributed by atoms with Crippen LogP contribution in [0.1, 0.15) is 0 Å². The summed E-state index contributed by atoms with van der Waals surface area (Å²) < 4.78 is 6.73. The molecular formula is C21H19N5O3. The lowest BCUT2D eigenvalue weighted by Gasteiger charge is -2.12. The fourth-order valence-electron chi connectivity index (χ4n) is 3.02. The largest absolute Gasteiger partial charge is 0.497 e. The Morgan fingerprint density at radius 2 is 1.93 bits per heavy atom. The first-order chi connectivity index (χ1) is 14.1. The summed E-state index contributed by atoms with van der Waals surface area (Å²) in [5.74, 6) is 1.98. The third-order valence-electron chi connectivity index (χ3n) is 4.47. The summed E-state index contributed by atoms with van der Waals surface area (Å²) in [6.45, 7) is 0.826. The van der Waals surface area contributed by atoms with Crippen molar-refractivity contribution >= 4 is 16.7 Å². The van der Waals surface area contributed by atoms with E-state index < -0.39 is 11.2 Å². The molecule has 0 unspecified atom stereocenters. The van der Waals surface area contributed by atoms with Crippen LogP contribution in [0.2, 0.25) is 0 Å². The first-order valence-corrected chi connectivity index (χ1v) is 9.09. The lowest BCUT2D eigenvalue weighted by molar-refractivity contribution is 0.415. The second-order valence-electron chi connectivity index (χ2n) is 6.38. The van der Waals surface area contributed by atoms with Gasteiger partial charge in [-0.1, -0.05) is 24.3 Å². The second-order valence-corrected chi connectivity index (χ2v) is 6.38. The average Bonchev–Trinajstić information content (AvgIpc) is 2.75. The highest BCUT2D eigenvalue weighted by Crippen LogP contribution is 2.26. The molecule has 0 saturated carbocycles. The molecule has 4 rings (SSSR count). The van der Waals surface area contributed by atoms with Gasteiger partial charge >= 0.3 is 5.69 Å². The van der Waals surface area contributed by atoms with Crippen molar-refractivity contribution in [1.82, 2.24) is 19.5 Å². The molecule has 0 spiro atoms. The maximum atomic E-state index is 11.8. The number of anilines is 1. The minimum Gasteiger partial charge on any atom is -0.497 e. The molecule has 0 bridgehead atoms. The maximum absolute atomic E-state index is 11.8. The zero-order valence-electron chi connectivity index (χ0n) is 15.8. The normalized spacial score (nSPS) is 10.8. The van der Waals surface area contributed by atoms with Gasteiger partial charge in [-0.05, 0) is 24.3 Å². The summed E-state index contributed by atoms with van der Waals surface area (Å²) in [5.41, 5.74) is 0.798. The standard InChI is InChI=1S/C21H19N5O3/c1-29-15-6-4-5-14(13-15)19-23-17-8-3-2-7-16(17)20(25-19)22-10-12-26-11-9-18(27)24-21(26)28/h2-9,11,13H,10,12H2,1H3,(H,22,23,25)(H,24,27,28). The highest BCUT2D eigenvalue weighted by Gasteiger charge is 2.10. The van der Waals surface area contributed by atoms with Crippen molar-refractivity contribution < 1.29 is 4.74 Å². The van der Waals surface area contributed by atoms with Crippen LogP contribution in [0, 0.1) is 0 Å². The van der Waals surface area contributed by atoms with Crippen LogP contribution in [-0.2, 0) is 6.54 Å². The van der Waals surface area contributed by atoms with Crippen molar-refractivity contribution in [3.8, 4) is 17.1 Å². The predicted molar refractivity (Wildman–Crippen MR) is 111 cm³/mol. The van der Waals surface area contributed by atoms with Crippen LogP contribution >= 0.6 is 0 Å². The number of nitrogens with one attached hydrogen (secondary N) is 2. The van der Waals surface area contributed by atoms with E-state index in [0.29, 0.717) is 24.7 Å². The van der Waals surface area contributed by atoms with Crippen LogP contribution in [-0.4, -0.2) is 33.2 Å². The number of hydrogen-bond acceptors (Lipinski definition) is 6. The molecule has 0 atom stereocenters. The van der Waals surface area contributed by atoms with Crippen molar-refractivity contribution in [2.45, 2.75) is 6.54 Å². The van der Waals surface area contributed by atoms with E-state index in [1.165, 1.54) is 16.8 Å². The topological polar surface area (TPSA) is 102 Å². The third-order valence-corrected chi connectivity index (χ3v) is 4.47. The Balaban J connectivity index is 1.65. The maximum Gasteiger partial charge on any atom is 0.328 e. The fourth-order valence-corrected chi connectivity index (χ4v) is 3.02. The number of fused-ring (bicyclic) bond motifs is 1. The summed E-state index contributed by atoms with van der Waals surface area (Å²) in [6, 6.07) is 16.6. The Kier molecular flexibility index (Phi) is 5.07. The summed E-state index contributed by atoms with van der Waals surface area (Å²) in [4.78, 5) is 34.6. The summed E-state index contributed by atoms with van der Waals surface area (Å²) >= 11 is 0. The van der Waals surface area contributed by atoms with Gasteiger partial charge < -0.3 is 10.1 Å². The van der Waals surface area contributed by atoms with Gasteiger partial charge in [0.15, 0.2) is 5.82 Å². The number of H-pyrrole nitrogens is 1. The molecule has 8 heteroatoms. The number of ether oxygens (including phenoxy) is 1. The van der Waals surface area contributed by atoms with Gasteiger partial charge in [0.2, 0.25) is 0 Å². The molecule has 2 aromatic carbocycles. The Bertz CT molecular complexity index is 1280. The molecule has 0 radical (unpaired) electrons. The minimum atomic E-state index is -0.441. The molecule has 29 heavy (non-hydrogen) atoms. The number of benzene rings is 2. The SMILES string of the molecule is COc1cccc(-c2nc(NCCn3ccc(=O)[nH]c3=O)c3ccccc3n2)c1. The molecule has 0 fully saturated rings. The Morgan fingerprint density at radius 3 is 2.76 bits per heavy atom. The zero-order valence-corrected chi connectivity index (χ0v) is 15.8. The molecule has 0 amide bonds. The van der Waals surface area contributed by atoms with Gasteiger partial charge in [-0.15, -0.1) is 0 Å². The number of para-hydroxylation sites is 1. The van der Waals surface area contributed by atoms with Crippen LogP contribution in [0.4, 0.5) is 5.82 Å². The first kappa shape index (κ1) is 18.4. The quantitative estimate of drug-likeness (QED) is 0.525. The summed E-state index contributed by atoms with van der Waals surface area (Å²) in [7, 11) is 1.62. The van der Waals surface area contributed by atoms with Gasteiger partial charge in [-0.3, -0.25) is 14.3 Å². The zero-order chi connectivity index (χ0) is 20.2. The van der Waals surface area contributed by atoms with Crippen molar-refractivity contribution in [2.75, 3.05) is 19.0 Å². The highest BCUT2D eigenvalue weighted by molar-refractivity contribution is 5.90. The molecule has 0 aliphatic rings. The fraction of sp³-hybridized carbons (Fsp3) is 0.143. The molecule has 2 aromatic heterocycles. The van der Waals surface area contributed by atoms with E-state index >= 15 is 0 Å². The van der Waals surface area contributed by atoms with E-state index in [0.717, 1.165) is 22.2 Å². The van der Waals surface area contributed by atoms with E-state index in [-0.39, 0.29) is 0 Å². The van der Waals surface area contributed by atoms with Crippen LogP contribution < -0.4 is 21.3 Å². The molecule has 0 aliphatic carbocycles. The number of aromatic nitrogens is 4. The van der Waals surface area contributed by atoms with E-state index in [9.17, 15) is 9.59 Å². The summed E-state index contributed by atoms with van der Waals surface area (Å²) in [6.07, 6.45) is 1.47. The van der Waals surface area contributed by atoms with Crippen LogP contribution in [0.25, 0.3) is 22.3 Å².